The van der Waals surface area contributed by atoms with Gasteiger partial charge >= 0.3 is 6.18 Å². The van der Waals surface area contributed by atoms with Gasteiger partial charge in [0.15, 0.2) is 11.5 Å². The van der Waals surface area contributed by atoms with Crippen molar-refractivity contribution in [1.29, 1.82) is 0 Å². The molecular formula is C17H14F3NO3. The summed E-state index contributed by atoms with van der Waals surface area (Å²) in [6.45, 7) is 0.392. The molecule has 0 atom stereocenters. The van der Waals surface area contributed by atoms with Gasteiger partial charge in [0, 0.05) is 19.2 Å². The van der Waals surface area contributed by atoms with E-state index in [0.717, 1.165) is 17.7 Å². The zero-order valence-electron chi connectivity index (χ0n) is 12.8. The normalized spacial score (nSPS) is 13.0. The first-order valence-electron chi connectivity index (χ1n) is 7.16. The van der Waals surface area contributed by atoms with Gasteiger partial charge in [-0.25, -0.2) is 0 Å². The summed E-state index contributed by atoms with van der Waals surface area (Å²) < 4.78 is 48.7. The summed E-state index contributed by atoms with van der Waals surface area (Å²) in [5.74, 6) is 0.733. The minimum Gasteiger partial charge on any atom is -0.454 e. The molecule has 0 spiro atoms. The minimum absolute atomic E-state index is 0.00642. The smallest absolute Gasteiger partial charge is 0.416 e. The average molecular weight is 337 g/mol. The Hall–Kier alpha value is -2.70. The Kier molecular flexibility index (Phi) is 4.09. The van der Waals surface area contributed by atoms with Crippen LogP contribution in [0.3, 0.4) is 0 Å². The molecule has 0 unspecified atom stereocenters. The lowest BCUT2D eigenvalue weighted by Crippen LogP contribution is -2.26. The van der Waals surface area contributed by atoms with Gasteiger partial charge in [0.05, 0.1) is 5.56 Å². The number of carbonyl (C=O) groups excluding carboxylic acids is 1. The molecule has 1 amide bonds. The van der Waals surface area contributed by atoms with Gasteiger partial charge < -0.3 is 14.4 Å². The highest BCUT2D eigenvalue weighted by Gasteiger charge is 2.31. The van der Waals surface area contributed by atoms with E-state index in [2.05, 4.69) is 0 Å². The van der Waals surface area contributed by atoms with Crippen molar-refractivity contribution in [3.63, 3.8) is 0 Å². The number of carbonyl (C=O) groups is 1. The summed E-state index contributed by atoms with van der Waals surface area (Å²) in [6.07, 6.45) is -4.48. The molecule has 3 rings (SSSR count). The van der Waals surface area contributed by atoms with Crippen molar-refractivity contribution in [1.82, 2.24) is 4.90 Å². The number of rotatable bonds is 3. The van der Waals surface area contributed by atoms with Crippen molar-refractivity contribution >= 4 is 5.91 Å². The van der Waals surface area contributed by atoms with E-state index < -0.39 is 17.6 Å². The Morgan fingerprint density at radius 1 is 1.12 bits per heavy atom. The van der Waals surface area contributed by atoms with E-state index in [4.69, 9.17) is 9.47 Å². The molecule has 2 aromatic rings. The molecule has 0 aromatic heterocycles. The third-order valence-corrected chi connectivity index (χ3v) is 3.64. The number of benzene rings is 2. The standard InChI is InChI=1S/C17H14F3NO3/c1-21(9-11-5-6-14-15(7-11)24-10-23-14)16(22)12-3-2-4-13(8-12)17(18,19)20/h2-8H,9-10H2,1H3. The van der Waals surface area contributed by atoms with Crippen LogP contribution < -0.4 is 9.47 Å². The summed E-state index contributed by atoms with van der Waals surface area (Å²) >= 11 is 0. The molecule has 1 aliphatic heterocycles. The summed E-state index contributed by atoms with van der Waals surface area (Å²) in [5, 5.41) is 0. The first-order valence-corrected chi connectivity index (χ1v) is 7.16. The van der Waals surface area contributed by atoms with Crippen molar-refractivity contribution in [2.45, 2.75) is 12.7 Å². The fourth-order valence-electron chi connectivity index (χ4n) is 2.43. The van der Waals surface area contributed by atoms with Crippen LogP contribution in [-0.4, -0.2) is 24.6 Å². The van der Waals surface area contributed by atoms with Gasteiger partial charge in [-0.2, -0.15) is 13.2 Å². The lowest BCUT2D eigenvalue weighted by Gasteiger charge is -2.18. The highest BCUT2D eigenvalue weighted by Crippen LogP contribution is 2.33. The van der Waals surface area contributed by atoms with Crippen molar-refractivity contribution in [2.75, 3.05) is 13.8 Å². The van der Waals surface area contributed by atoms with Crippen molar-refractivity contribution < 1.29 is 27.4 Å². The predicted molar refractivity (Wildman–Crippen MR) is 79.8 cm³/mol. The molecule has 7 heteroatoms. The summed E-state index contributed by atoms with van der Waals surface area (Å²) in [5.41, 5.74) is -0.0556. The second-order valence-electron chi connectivity index (χ2n) is 5.43. The van der Waals surface area contributed by atoms with Crippen LogP contribution in [0.25, 0.3) is 0 Å². The van der Waals surface area contributed by atoms with E-state index in [1.54, 1.807) is 18.2 Å². The summed E-state index contributed by atoms with van der Waals surface area (Å²) in [4.78, 5) is 13.7. The third-order valence-electron chi connectivity index (χ3n) is 3.64. The Labute approximate surface area is 136 Å². The molecule has 0 radical (unpaired) electrons. The monoisotopic (exact) mass is 337 g/mol. The van der Waals surface area contributed by atoms with E-state index in [0.29, 0.717) is 11.5 Å². The van der Waals surface area contributed by atoms with Gasteiger partial charge in [0.1, 0.15) is 0 Å². The fraction of sp³-hybridized carbons (Fsp3) is 0.235. The maximum absolute atomic E-state index is 12.8. The van der Waals surface area contributed by atoms with E-state index in [1.165, 1.54) is 24.1 Å². The van der Waals surface area contributed by atoms with Crippen molar-refractivity contribution in [3.05, 3.63) is 59.2 Å². The van der Waals surface area contributed by atoms with Gasteiger partial charge in [-0.1, -0.05) is 12.1 Å². The molecule has 24 heavy (non-hydrogen) atoms. The molecule has 1 aliphatic rings. The third kappa shape index (κ3) is 3.29. The quantitative estimate of drug-likeness (QED) is 0.857. The Morgan fingerprint density at radius 2 is 1.88 bits per heavy atom. The zero-order valence-corrected chi connectivity index (χ0v) is 12.8. The number of hydrogen-bond donors (Lipinski definition) is 0. The number of alkyl halides is 3. The number of fused-ring (bicyclic) bond motifs is 1. The van der Waals surface area contributed by atoms with Crippen LogP contribution in [-0.2, 0) is 12.7 Å². The predicted octanol–water partition coefficient (Wildman–Crippen LogP) is 3.71. The second kappa shape index (κ2) is 6.07. The number of hydrogen-bond acceptors (Lipinski definition) is 3. The van der Waals surface area contributed by atoms with Crippen LogP contribution in [0.15, 0.2) is 42.5 Å². The van der Waals surface area contributed by atoms with Gasteiger partial charge in [0.25, 0.3) is 5.91 Å². The Morgan fingerprint density at radius 3 is 2.62 bits per heavy atom. The first kappa shape index (κ1) is 16.2. The largest absolute Gasteiger partial charge is 0.454 e. The van der Waals surface area contributed by atoms with E-state index >= 15 is 0 Å². The molecule has 2 aromatic carbocycles. The highest BCUT2D eigenvalue weighted by molar-refractivity contribution is 5.94. The summed E-state index contributed by atoms with van der Waals surface area (Å²) in [6, 6.07) is 9.66. The van der Waals surface area contributed by atoms with E-state index in [9.17, 15) is 18.0 Å². The van der Waals surface area contributed by atoms with Gasteiger partial charge in [-0.15, -0.1) is 0 Å². The highest BCUT2D eigenvalue weighted by atomic mass is 19.4. The molecule has 0 N–H and O–H groups in total. The van der Waals surface area contributed by atoms with Crippen LogP contribution in [0.4, 0.5) is 13.2 Å². The number of halogens is 3. The van der Waals surface area contributed by atoms with E-state index in [1.807, 2.05) is 0 Å². The topological polar surface area (TPSA) is 38.8 Å². The molecule has 1 heterocycles. The molecule has 126 valence electrons. The van der Waals surface area contributed by atoms with Crippen LogP contribution in [0.5, 0.6) is 11.5 Å². The van der Waals surface area contributed by atoms with Gasteiger partial charge in [-0.05, 0) is 35.9 Å². The maximum Gasteiger partial charge on any atom is 0.416 e. The van der Waals surface area contributed by atoms with Crippen LogP contribution >= 0.6 is 0 Å². The van der Waals surface area contributed by atoms with Gasteiger partial charge in [0.2, 0.25) is 6.79 Å². The number of amides is 1. The molecular weight excluding hydrogens is 323 g/mol. The Balaban J connectivity index is 1.75. The molecule has 4 nitrogen and oxygen atoms in total. The molecule has 0 saturated heterocycles. The van der Waals surface area contributed by atoms with Crippen LogP contribution in [0, 0.1) is 0 Å². The number of ether oxygens (including phenoxy) is 2. The molecule has 0 saturated carbocycles. The first-order chi connectivity index (χ1) is 11.3. The van der Waals surface area contributed by atoms with Crippen molar-refractivity contribution in [2.24, 2.45) is 0 Å². The lowest BCUT2D eigenvalue weighted by atomic mass is 10.1. The second-order valence-corrected chi connectivity index (χ2v) is 5.43. The molecule has 0 fully saturated rings. The average Bonchev–Trinajstić information content (AvgIpc) is 3.01. The van der Waals surface area contributed by atoms with E-state index in [-0.39, 0.29) is 18.9 Å². The summed E-state index contributed by atoms with van der Waals surface area (Å²) in [7, 11) is 1.53. The lowest BCUT2D eigenvalue weighted by molar-refractivity contribution is -0.137. The fourth-order valence-corrected chi connectivity index (χ4v) is 2.43. The maximum atomic E-state index is 12.8. The molecule has 0 aliphatic carbocycles. The van der Waals surface area contributed by atoms with Gasteiger partial charge in [-0.3, -0.25) is 4.79 Å². The van der Waals surface area contributed by atoms with Crippen LogP contribution in [0.1, 0.15) is 21.5 Å². The SMILES string of the molecule is CN(Cc1ccc2c(c1)OCO2)C(=O)c1cccc(C(F)(F)F)c1. The zero-order chi connectivity index (χ0) is 17.3. The Bertz CT molecular complexity index is 774. The minimum atomic E-state index is -4.48. The van der Waals surface area contributed by atoms with Crippen LogP contribution in [0.2, 0.25) is 0 Å². The molecule has 0 bridgehead atoms. The number of nitrogens with zero attached hydrogens (tertiary/aromatic N) is 1. The van der Waals surface area contributed by atoms with Crippen molar-refractivity contribution in [3.8, 4) is 11.5 Å².